The molecule has 2 aromatic carbocycles. The average molecular weight is 390 g/mol. The van der Waals surface area contributed by atoms with Crippen LogP contribution in [0.15, 0.2) is 46.9 Å². The van der Waals surface area contributed by atoms with Crippen molar-refractivity contribution in [2.24, 2.45) is 0 Å². The summed E-state index contributed by atoms with van der Waals surface area (Å²) in [7, 11) is 0. The fraction of sp³-hybridized carbons (Fsp3) is 0.278. The number of morpholine rings is 1. The van der Waals surface area contributed by atoms with Gasteiger partial charge < -0.3 is 15.8 Å². The second kappa shape index (κ2) is 7.79. The van der Waals surface area contributed by atoms with Gasteiger partial charge in [-0.1, -0.05) is 28.1 Å². The maximum Gasteiger partial charge on any atom is 0.257 e. The number of anilines is 2. The van der Waals surface area contributed by atoms with Crippen LogP contribution in [-0.4, -0.2) is 37.1 Å². The second-order valence-electron chi connectivity index (χ2n) is 5.77. The smallest absolute Gasteiger partial charge is 0.257 e. The van der Waals surface area contributed by atoms with Gasteiger partial charge in [-0.15, -0.1) is 0 Å². The van der Waals surface area contributed by atoms with E-state index < -0.39 is 0 Å². The molecule has 0 spiro atoms. The van der Waals surface area contributed by atoms with E-state index in [1.165, 1.54) is 5.56 Å². The van der Waals surface area contributed by atoms with E-state index in [0.29, 0.717) is 11.3 Å². The maximum absolute atomic E-state index is 12.3. The van der Waals surface area contributed by atoms with Gasteiger partial charge in [0.1, 0.15) is 0 Å². The maximum atomic E-state index is 12.3. The highest BCUT2D eigenvalue weighted by Crippen LogP contribution is 2.20. The lowest BCUT2D eigenvalue weighted by Crippen LogP contribution is -2.35. The van der Waals surface area contributed by atoms with Crippen LogP contribution in [0.3, 0.4) is 0 Å². The number of hydrogen-bond acceptors (Lipinski definition) is 4. The summed E-state index contributed by atoms with van der Waals surface area (Å²) in [4.78, 5) is 14.7. The predicted molar refractivity (Wildman–Crippen MR) is 99.0 cm³/mol. The fourth-order valence-electron chi connectivity index (χ4n) is 2.65. The van der Waals surface area contributed by atoms with Gasteiger partial charge in [0.25, 0.3) is 5.91 Å². The summed E-state index contributed by atoms with van der Waals surface area (Å²) in [6.07, 6.45) is 0. The third-order valence-electron chi connectivity index (χ3n) is 3.98. The van der Waals surface area contributed by atoms with Crippen molar-refractivity contribution in [3.05, 3.63) is 58.1 Å². The molecular weight excluding hydrogens is 370 g/mol. The molecule has 2 aromatic rings. The number of nitrogen functional groups attached to an aromatic ring is 1. The average Bonchev–Trinajstić information content (AvgIpc) is 2.57. The number of rotatable bonds is 4. The van der Waals surface area contributed by atoms with Crippen LogP contribution in [0.2, 0.25) is 0 Å². The van der Waals surface area contributed by atoms with Crippen LogP contribution in [0.4, 0.5) is 11.4 Å². The number of nitrogens with two attached hydrogens (primary N) is 1. The van der Waals surface area contributed by atoms with E-state index in [9.17, 15) is 4.79 Å². The number of amides is 1. The van der Waals surface area contributed by atoms with Crippen LogP contribution < -0.4 is 11.1 Å². The van der Waals surface area contributed by atoms with Gasteiger partial charge in [-0.3, -0.25) is 9.69 Å². The second-order valence-corrected chi connectivity index (χ2v) is 6.69. The van der Waals surface area contributed by atoms with Gasteiger partial charge in [-0.05, 0) is 35.9 Å². The number of hydrogen-bond donors (Lipinski definition) is 2. The molecule has 0 unspecified atom stereocenters. The van der Waals surface area contributed by atoms with E-state index in [0.717, 1.165) is 43.0 Å². The van der Waals surface area contributed by atoms with E-state index >= 15 is 0 Å². The number of nitrogens with one attached hydrogen (secondary N) is 1. The van der Waals surface area contributed by atoms with E-state index in [1.54, 1.807) is 18.2 Å². The van der Waals surface area contributed by atoms with Crippen molar-refractivity contribution in [3.63, 3.8) is 0 Å². The Hall–Kier alpha value is -1.89. The number of carbonyl (C=O) groups is 1. The first-order valence-electron chi connectivity index (χ1n) is 7.87. The molecule has 3 N–H and O–H groups in total. The van der Waals surface area contributed by atoms with Crippen LogP contribution in [-0.2, 0) is 11.3 Å². The van der Waals surface area contributed by atoms with Crippen LogP contribution in [0.5, 0.6) is 0 Å². The van der Waals surface area contributed by atoms with Crippen molar-refractivity contribution in [1.29, 1.82) is 0 Å². The van der Waals surface area contributed by atoms with Crippen LogP contribution in [0.1, 0.15) is 15.9 Å². The van der Waals surface area contributed by atoms with Gasteiger partial charge in [-0.2, -0.15) is 0 Å². The van der Waals surface area contributed by atoms with Crippen molar-refractivity contribution in [3.8, 4) is 0 Å². The van der Waals surface area contributed by atoms with Gasteiger partial charge in [0.05, 0.1) is 18.8 Å². The highest BCUT2D eigenvalue weighted by atomic mass is 79.9. The molecule has 3 rings (SSSR count). The summed E-state index contributed by atoms with van der Waals surface area (Å²) in [5, 5.41) is 2.88. The summed E-state index contributed by atoms with van der Waals surface area (Å²) < 4.78 is 6.21. The largest absolute Gasteiger partial charge is 0.398 e. The summed E-state index contributed by atoms with van der Waals surface area (Å²) >= 11 is 3.34. The molecule has 1 fully saturated rings. The zero-order valence-corrected chi connectivity index (χ0v) is 14.9. The summed E-state index contributed by atoms with van der Waals surface area (Å²) in [6, 6.07) is 13.1. The van der Waals surface area contributed by atoms with Gasteiger partial charge >= 0.3 is 0 Å². The first-order valence-corrected chi connectivity index (χ1v) is 8.66. The molecule has 126 valence electrons. The quantitative estimate of drug-likeness (QED) is 0.788. The summed E-state index contributed by atoms with van der Waals surface area (Å²) in [5.41, 5.74) is 8.79. The van der Waals surface area contributed by atoms with E-state index in [4.69, 9.17) is 10.5 Å². The third-order valence-corrected chi connectivity index (χ3v) is 4.47. The van der Waals surface area contributed by atoms with Crippen LogP contribution in [0.25, 0.3) is 0 Å². The van der Waals surface area contributed by atoms with Crippen molar-refractivity contribution in [2.75, 3.05) is 37.4 Å². The van der Waals surface area contributed by atoms with Crippen molar-refractivity contribution < 1.29 is 9.53 Å². The molecule has 5 nitrogen and oxygen atoms in total. The molecule has 0 aliphatic carbocycles. The SMILES string of the molecule is Nc1cc(Br)ccc1C(=O)Nc1ccc(CN2CCOCC2)cc1. The minimum absolute atomic E-state index is 0.207. The van der Waals surface area contributed by atoms with E-state index in [-0.39, 0.29) is 5.91 Å². The van der Waals surface area contributed by atoms with Crippen molar-refractivity contribution >= 4 is 33.2 Å². The molecule has 1 amide bonds. The Labute approximate surface area is 149 Å². The zero-order valence-electron chi connectivity index (χ0n) is 13.3. The van der Waals surface area contributed by atoms with Gasteiger partial charge in [-0.25, -0.2) is 0 Å². The first-order chi connectivity index (χ1) is 11.6. The molecule has 1 aliphatic rings. The minimum atomic E-state index is -0.207. The number of benzene rings is 2. The molecule has 1 aliphatic heterocycles. The normalized spacial score (nSPS) is 15.2. The number of ether oxygens (including phenoxy) is 1. The molecule has 24 heavy (non-hydrogen) atoms. The third kappa shape index (κ3) is 4.35. The van der Waals surface area contributed by atoms with Gasteiger partial charge in [0.2, 0.25) is 0 Å². The number of carbonyl (C=O) groups excluding carboxylic acids is 1. The van der Waals surface area contributed by atoms with Crippen molar-refractivity contribution in [1.82, 2.24) is 4.90 Å². The molecule has 0 radical (unpaired) electrons. The Morgan fingerprint density at radius 1 is 1.17 bits per heavy atom. The van der Waals surface area contributed by atoms with Gasteiger partial charge in [0, 0.05) is 35.5 Å². The van der Waals surface area contributed by atoms with E-state index in [2.05, 4.69) is 26.1 Å². The molecule has 1 heterocycles. The molecular formula is C18H20BrN3O2. The monoisotopic (exact) mass is 389 g/mol. The zero-order chi connectivity index (χ0) is 16.9. The predicted octanol–water partition coefficient (Wildman–Crippen LogP) is 3.12. The molecule has 0 saturated carbocycles. The Balaban J connectivity index is 1.62. The van der Waals surface area contributed by atoms with Gasteiger partial charge in [0.15, 0.2) is 0 Å². The van der Waals surface area contributed by atoms with E-state index in [1.807, 2.05) is 24.3 Å². The first kappa shape index (κ1) is 17.0. The lowest BCUT2D eigenvalue weighted by Gasteiger charge is -2.26. The summed E-state index contributed by atoms with van der Waals surface area (Å²) in [6.45, 7) is 4.41. The highest BCUT2D eigenvalue weighted by Gasteiger charge is 2.12. The Bertz CT molecular complexity index is 713. The summed E-state index contributed by atoms with van der Waals surface area (Å²) in [5.74, 6) is -0.207. The number of halogens is 1. The lowest BCUT2D eigenvalue weighted by molar-refractivity contribution is 0.0342. The van der Waals surface area contributed by atoms with Crippen LogP contribution in [0, 0.1) is 0 Å². The lowest BCUT2D eigenvalue weighted by atomic mass is 10.1. The molecule has 0 bridgehead atoms. The molecule has 0 aromatic heterocycles. The molecule has 6 heteroatoms. The number of nitrogens with zero attached hydrogens (tertiary/aromatic N) is 1. The Morgan fingerprint density at radius 2 is 1.88 bits per heavy atom. The Morgan fingerprint density at radius 3 is 2.54 bits per heavy atom. The topological polar surface area (TPSA) is 67.6 Å². The highest BCUT2D eigenvalue weighted by molar-refractivity contribution is 9.10. The molecule has 1 saturated heterocycles. The standard InChI is InChI=1S/C18H20BrN3O2/c19-14-3-6-16(17(20)11-14)18(23)21-15-4-1-13(2-5-15)12-22-7-9-24-10-8-22/h1-6,11H,7-10,12,20H2,(H,21,23). The van der Waals surface area contributed by atoms with Crippen LogP contribution >= 0.6 is 15.9 Å². The Kier molecular flexibility index (Phi) is 5.50. The molecule has 0 atom stereocenters. The van der Waals surface area contributed by atoms with Crippen molar-refractivity contribution in [2.45, 2.75) is 6.54 Å². The fourth-order valence-corrected chi connectivity index (χ4v) is 3.03. The minimum Gasteiger partial charge on any atom is -0.398 e.